The van der Waals surface area contributed by atoms with Gasteiger partial charge >= 0.3 is 40.0 Å². The molecule has 0 heterocycles. The summed E-state index contributed by atoms with van der Waals surface area (Å²) in [4.78, 5) is 0. The van der Waals surface area contributed by atoms with Crippen molar-refractivity contribution in [3.05, 3.63) is 0 Å². The number of hydrogen-bond acceptors (Lipinski definition) is 8. The first-order valence-corrected chi connectivity index (χ1v) is 4.21. The maximum Gasteiger partial charge on any atom is 1.00 e. The van der Waals surface area contributed by atoms with Crippen LogP contribution in [0.2, 0.25) is 0 Å². The van der Waals surface area contributed by atoms with Crippen LogP contribution < -0.4 is 35.7 Å². The van der Waals surface area contributed by atoms with Crippen LogP contribution in [0, 0.1) is 0 Å². The van der Waals surface area contributed by atoms with Gasteiger partial charge in [-0.3, -0.25) is 4.55 Å². The normalized spacial score (nSPS) is 10.3. The van der Waals surface area contributed by atoms with Gasteiger partial charge in [0.25, 0.3) is 0 Å². The van der Waals surface area contributed by atoms with E-state index in [-0.39, 0.29) is 49.2 Å². The quantitative estimate of drug-likeness (QED) is 0.0970. The predicted molar refractivity (Wildman–Crippen MR) is 38.2 cm³/mol. The van der Waals surface area contributed by atoms with E-state index in [1.807, 2.05) is 0 Å². The van der Waals surface area contributed by atoms with Crippen molar-refractivity contribution < 1.29 is 64.2 Å². The second kappa shape index (κ2) is 8.37. The van der Waals surface area contributed by atoms with Crippen molar-refractivity contribution in [1.29, 1.82) is 0 Å². The topological polar surface area (TPSA) is 167 Å². The summed E-state index contributed by atoms with van der Waals surface area (Å²) in [5, 5.41) is 0. The van der Waals surface area contributed by atoms with Crippen LogP contribution in [-0.2, 0) is 43.0 Å². The summed E-state index contributed by atoms with van der Waals surface area (Å²) in [6.07, 6.45) is 0. The van der Waals surface area contributed by atoms with E-state index in [1.54, 1.807) is 0 Å². The molecule has 0 bridgehead atoms. The summed E-state index contributed by atoms with van der Waals surface area (Å²) in [5.41, 5.74) is 0. The summed E-state index contributed by atoms with van der Waals surface area (Å²) in [7, 11) is -10.3. The molecular formula is H6NNaO8S3. The summed E-state index contributed by atoms with van der Waals surface area (Å²) in [6, 6.07) is 0. The molecule has 0 saturated heterocycles. The second-order valence-electron chi connectivity index (χ2n) is 0.972. The molecule has 0 aromatic rings. The van der Waals surface area contributed by atoms with Crippen molar-refractivity contribution in [3.8, 4) is 0 Å². The van der Waals surface area contributed by atoms with Crippen molar-refractivity contribution in [3.63, 3.8) is 0 Å². The Hall–Kier alpha value is 1.05. The Balaban J connectivity index is -0.000000135. The number of hydrogen-bond donors (Lipinski definition) is 2. The van der Waals surface area contributed by atoms with Gasteiger partial charge in [-0.1, -0.05) is 8.67 Å². The van der Waals surface area contributed by atoms with E-state index >= 15 is 0 Å². The fourth-order valence-corrected chi connectivity index (χ4v) is 0.622. The summed E-state index contributed by atoms with van der Waals surface area (Å²) in [6.45, 7) is 0. The molecule has 0 aliphatic heterocycles. The van der Waals surface area contributed by atoms with E-state index in [9.17, 15) is 21.4 Å². The first kappa shape index (κ1) is 23.7. The molecule has 0 saturated carbocycles. The molecule has 0 spiro atoms. The van der Waals surface area contributed by atoms with Gasteiger partial charge in [0.05, 0.1) is 0 Å². The molecule has 0 rings (SSSR count). The maximum absolute atomic E-state index is 9.48. The van der Waals surface area contributed by atoms with Crippen LogP contribution in [0.5, 0.6) is 0 Å². The van der Waals surface area contributed by atoms with Crippen LogP contribution in [-0.4, -0.2) is 25.9 Å². The van der Waals surface area contributed by atoms with Gasteiger partial charge in [-0.15, -0.1) is 0 Å². The van der Waals surface area contributed by atoms with Gasteiger partial charge in [0.15, 0.2) is 0 Å². The molecule has 0 aromatic heterocycles. The smallest absolute Gasteiger partial charge is 0.813 e. The molecule has 0 aliphatic rings. The Kier molecular flexibility index (Phi) is 15.2. The van der Waals surface area contributed by atoms with Gasteiger partial charge < -0.3 is 24.2 Å². The zero-order valence-corrected chi connectivity index (χ0v) is 11.1. The summed E-state index contributed by atoms with van der Waals surface area (Å²) in [5.74, 6) is 0. The zero-order chi connectivity index (χ0) is 8.41. The standard InChI is InChI=1S/H3N.Na.H2O8S2.H2S/c;;1-9(2,3)7-8-10(4,5)6;/h1H3;;(H,1,2,3)(H,4,5,6);1H2/q;+1;;/p-1. The Morgan fingerprint density at radius 2 is 1.38 bits per heavy atom. The number of thiol groups is 1. The van der Waals surface area contributed by atoms with E-state index in [1.165, 1.54) is 0 Å². The van der Waals surface area contributed by atoms with E-state index in [0.29, 0.717) is 0 Å². The van der Waals surface area contributed by atoms with Gasteiger partial charge in [0.1, 0.15) is 0 Å². The molecule has 5 N–H and O–H groups in total. The second-order valence-corrected chi connectivity index (χ2v) is 2.92. The number of quaternary nitrogens is 1. The van der Waals surface area contributed by atoms with Crippen LogP contribution in [0.4, 0.5) is 0 Å². The molecule has 0 aliphatic carbocycles. The Morgan fingerprint density at radius 3 is 1.46 bits per heavy atom. The molecule has 13 heavy (non-hydrogen) atoms. The largest absolute Gasteiger partial charge is 1.00 e. The van der Waals surface area contributed by atoms with Gasteiger partial charge in [0, 0.05) is 0 Å². The molecule has 0 radical (unpaired) electrons. The first-order chi connectivity index (χ1) is 4.21. The molecule has 0 aromatic carbocycles. The molecule has 0 unspecified atom stereocenters. The van der Waals surface area contributed by atoms with E-state index < -0.39 is 20.8 Å². The van der Waals surface area contributed by atoms with Crippen LogP contribution in [0.25, 0.3) is 0 Å². The van der Waals surface area contributed by atoms with Crippen LogP contribution in [0.15, 0.2) is 0 Å². The molecule has 78 valence electrons. The van der Waals surface area contributed by atoms with Crippen LogP contribution in [0.3, 0.4) is 0 Å². The van der Waals surface area contributed by atoms with E-state index in [4.69, 9.17) is 4.55 Å². The van der Waals surface area contributed by atoms with Crippen molar-refractivity contribution in [2.75, 3.05) is 0 Å². The minimum absolute atomic E-state index is 0. The third kappa shape index (κ3) is 24.6. The Labute approximate surface area is 104 Å². The molecular weight excluding hydrogens is 261 g/mol. The zero-order valence-electron chi connectivity index (χ0n) is 6.57. The van der Waals surface area contributed by atoms with Crippen LogP contribution >= 0.6 is 0 Å². The van der Waals surface area contributed by atoms with Crippen molar-refractivity contribution in [1.82, 2.24) is 6.15 Å². The van der Waals surface area contributed by atoms with Gasteiger partial charge in [-0.2, -0.15) is 8.42 Å². The molecule has 0 fully saturated rings. The predicted octanol–water partition coefficient (Wildman–Crippen LogP) is -4.69. The van der Waals surface area contributed by atoms with Gasteiger partial charge in [-0.25, -0.2) is 8.42 Å². The molecule has 9 nitrogen and oxygen atoms in total. The third-order valence-electron chi connectivity index (χ3n) is 0.197. The minimum Gasteiger partial charge on any atom is -0.813 e. The number of rotatable bonds is 3. The van der Waals surface area contributed by atoms with Crippen molar-refractivity contribution >= 4 is 34.3 Å². The van der Waals surface area contributed by atoms with Crippen LogP contribution in [0.1, 0.15) is 0 Å². The minimum atomic E-state index is -5.27. The fraction of sp³-hybridized carbons (Fsp3) is 0. The van der Waals surface area contributed by atoms with Crippen molar-refractivity contribution in [2.45, 2.75) is 0 Å². The third-order valence-corrected chi connectivity index (χ3v) is 0.758. The monoisotopic (exact) mass is 267 g/mol. The first-order valence-electron chi connectivity index (χ1n) is 1.52. The maximum atomic E-state index is 9.48. The Bertz CT molecular complexity index is 255. The van der Waals surface area contributed by atoms with E-state index in [0.717, 1.165) is 0 Å². The molecule has 0 atom stereocenters. The van der Waals surface area contributed by atoms with Crippen molar-refractivity contribution in [2.24, 2.45) is 0 Å². The summed E-state index contributed by atoms with van der Waals surface area (Å²) >= 11 is 0. The SMILES string of the molecule is O=S(=O)([O-])OOS(=O)(=O)O.[NH4+].[Na+].[SH-]. The van der Waals surface area contributed by atoms with E-state index in [2.05, 4.69) is 8.67 Å². The molecule has 13 heteroatoms. The summed E-state index contributed by atoms with van der Waals surface area (Å²) < 4.78 is 60.2. The average Bonchev–Trinajstić information content (AvgIpc) is 1.57. The molecule has 0 amide bonds. The Morgan fingerprint density at radius 1 is 1.08 bits per heavy atom. The van der Waals surface area contributed by atoms with Gasteiger partial charge in [-0.05, 0) is 0 Å². The fourth-order valence-electron chi connectivity index (χ4n) is 0.0691. The van der Waals surface area contributed by atoms with Gasteiger partial charge in [0.2, 0.25) is 10.4 Å². The average molecular weight is 267 g/mol.